The van der Waals surface area contributed by atoms with Crippen LogP contribution in [0.5, 0.6) is 0 Å². The van der Waals surface area contributed by atoms with E-state index in [0.29, 0.717) is 33.5 Å². The molecule has 3 N–H and O–H groups in total. The Balaban J connectivity index is 1.66. The van der Waals surface area contributed by atoms with Crippen LogP contribution in [0.3, 0.4) is 0 Å². The third kappa shape index (κ3) is 5.68. The first kappa shape index (κ1) is 22.5. The molecule has 0 radical (unpaired) electrons. The Morgan fingerprint density at radius 3 is 2.48 bits per heavy atom. The van der Waals surface area contributed by atoms with Gasteiger partial charge in [-0.25, -0.2) is 4.79 Å². The maximum atomic E-state index is 12.5. The molecule has 160 valence electrons. The number of aryl methyl sites for hydroxylation is 1. The molecule has 0 aliphatic heterocycles. The quantitative estimate of drug-likeness (QED) is 0.364. The minimum Gasteiger partial charge on any atom is -0.465 e. The number of anilines is 2. The molecule has 1 amide bonds. The molecule has 6 nitrogen and oxygen atoms in total. The monoisotopic (exact) mass is 453 g/mol. The van der Waals surface area contributed by atoms with Crippen molar-refractivity contribution >= 4 is 51.2 Å². The van der Waals surface area contributed by atoms with Crippen molar-refractivity contribution in [1.82, 2.24) is 5.32 Å². The van der Waals surface area contributed by atoms with Crippen LogP contribution in [-0.4, -0.2) is 24.1 Å². The molecule has 0 saturated heterocycles. The molecule has 0 atom stereocenters. The lowest BCUT2D eigenvalue weighted by Gasteiger charge is -2.12. The van der Waals surface area contributed by atoms with Crippen LogP contribution in [-0.2, 0) is 11.3 Å². The van der Waals surface area contributed by atoms with Gasteiger partial charge in [-0.2, -0.15) is 0 Å². The number of esters is 1. The maximum Gasteiger partial charge on any atom is 0.341 e. The lowest BCUT2D eigenvalue weighted by Crippen LogP contribution is -2.23. The number of amides is 1. The molecule has 3 aromatic rings. The fourth-order valence-corrected chi connectivity index (χ4v) is 4.28. The Morgan fingerprint density at radius 2 is 1.77 bits per heavy atom. The molecule has 3 rings (SSSR count). The Labute approximate surface area is 190 Å². The zero-order valence-corrected chi connectivity index (χ0v) is 19.1. The number of thiocarbonyl (C=S) groups is 1. The summed E-state index contributed by atoms with van der Waals surface area (Å²) < 4.78 is 4.89. The normalized spacial score (nSPS) is 10.3. The Bertz CT molecular complexity index is 1110. The van der Waals surface area contributed by atoms with Crippen molar-refractivity contribution in [2.24, 2.45) is 0 Å². The SMILES string of the molecule is COC(=O)c1c(NC(=S)Nc2cccc(C(=O)NCc3ccccc3)c2)sc(C)c1C. The summed E-state index contributed by atoms with van der Waals surface area (Å²) in [5.74, 6) is -0.590. The molecule has 0 aliphatic carbocycles. The van der Waals surface area contributed by atoms with E-state index in [2.05, 4.69) is 16.0 Å². The molecule has 8 heteroatoms. The number of methoxy groups -OCH3 is 1. The highest BCUT2D eigenvalue weighted by Gasteiger charge is 2.20. The van der Waals surface area contributed by atoms with Gasteiger partial charge in [0.1, 0.15) is 5.00 Å². The zero-order chi connectivity index (χ0) is 22.4. The number of carbonyl (C=O) groups excluding carboxylic acids is 2. The fourth-order valence-electron chi connectivity index (χ4n) is 2.95. The maximum absolute atomic E-state index is 12.5. The van der Waals surface area contributed by atoms with Gasteiger partial charge in [0.25, 0.3) is 5.91 Å². The highest BCUT2D eigenvalue weighted by molar-refractivity contribution is 7.80. The van der Waals surface area contributed by atoms with E-state index in [-0.39, 0.29) is 5.91 Å². The van der Waals surface area contributed by atoms with Crippen molar-refractivity contribution in [3.05, 3.63) is 81.7 Å². The highest BCUT2D eigenvalue weighted by Crippen LogP contribution is 2.33. The van der Waals surface area contributed by atoms with E-state index in [0.717, 1.165) is 16.0 Å². The van der Waals surface area contributed by atoms with Crippen LogP contribution in [0.1, 0.15) is 36.7 Å². The van der Waals surface area contributed by atoms with Gasteiger partial charge in [-0.1, -0.05) is 36.4 Å². The van der Waals surface area contributed by atoms with Gasteiger partial charge in [0.05, 0.1) is 12.7 Å². The third-order valence-electron chi connectivity index (χ3n) is 4.68. The zero-order valence-electron chi connectivity index (χ0n) is 17.4. The lowest BCUT2D eigenvalue weighted by molar-refractivity contribution is 0.0601. The van der Waals surface area contributed by atoms with E-state index in [9.17, 15) is 9.59 Å². The predicted octanol–water partition coefficient (Wildman–Crippen LogP) is 4.89. The minimum atomic E-state index is -0.413. The van der Waals surface area contributed by atoms with E-state index < -0.39 is 5.97 Å². The molecule has 0 saturated carbocycles. The van der Waals surface area contributed by atoms with Crippen LogP contribution in [0.15, 0.2) is 54.6 Å². The Morgan fingerprint density at radius 1 is 1.03 bits per heavy atom. The molecule has 2 aromatic carbocycles. The number of benzene rings is 2. The number of nitrogens with one attached hydrogen (secondary N) is 3. The van der Waals surface area contributed by atoms with E-state index in [1.807, 2.05) is 50.2 Å². The summed E-state index contributed by atoms with van der Waals surface area (Å²) in [5.41, 5.74) is 3.54. The number of hydrogen-bond acceptors (Lipinski definition) is 5. The van der Waals surface area contributed by atoms with Crippen molar-refractivity contribution in [1.29, 1.82) is 0 Å². The van der Waals surface area contributed by atoms with Gasteiger partial charge in [0, 0.05) is 22.7 Å². The highest BCUT2D eigenvalue weighted by atomic mass is 32.1. The molecule has 0 bridgehead atoms. The lowest BCUT2D eigenvalue weighted by atomic mass is 10.1. The van der Waals surface area contributed by atoms with Gasteiger partial charge in [-0.3, -0.25) is 4.79 Å². The van der Waals surface area contributed by atoms with Gasteiger partial charge in [-0.15, -0.1) is 11.3 Å². The molecule has 0 spiro atoms. The van der Waals surface area contributed by atoms with E-state index in [4.69, 9.17) is 17.0 Å². The van der Waals surface area contributed by atoms with Gasteiger partial charge in [0.15, 0.2) is 5.11 Å². The van der Waals surface area contributed by atoms with Gasteiger partial charge in [-0.05, 0) is 55.4 Å². The summed E-state index contributed by atoms with van der Waals surface area (Å²) in [5, 5.41) is 9.98. The van der Waals surface area contributed by atoms with Crippen molar-refractivity contribution in [2.45, 2.75) is 20.4 Å². The summed E-state index contributed by atoms with van der Waals surface area (Å²) in [4.78, 5) is 25.6. The molecule has 0 aliphatic rings. The average Bonchev–Trinajstić information content (AvgIpc) is 3.05. The first-order valence-corrected chi connectivity index (χ1v) is 10.8. The van der Waals surface area contributed by atoms with Gasteiger partial charge >= 0.3 is 5.97 Å². The molecule has 31 heavy (non-hydrogen) atoms. The van der Waals surface area contributed by atoms with Crippen LogP contribution in [0.25, 0.3) is 0 Å². The number of carbonyl (C=O) groups is 2. The fraction of sp³-hybridized carbons (Fsp3) is 0.174. The predicted molar refractivity (Wildman–Crippen MR) is 129 cm³/mol. The summed E-state index contributed by atoms with van der Waals surface area (Å²) >= 11 is 6.84. The van der Waals surface area contributed by atoms with Crippen molar-refractivity contribution in [3.8, 4) is 0 Å². The van der Waals surface area contributed by atoms with Gasteiger partial charge < -0.3 is 20.7 Å². The molecular weight excluding hydrogens is 430 g/mol. The molecular formula is C23H23N3O3S2. The van der Waals surface area contributed by atoms with Crippen LogP contribution in [0, 0.1) is 13.8 Å². The molecule has 0 unspecified atom stereocenters. The summed E-state index contributed by atoms with van der Waals surface area (Å²) in [7, 11) is 1.35. The summed E-state index contributed by atoms with van der Waals surface area (Å²) in [6.07, 6.45) is 0. The first-order valence-electron chi connectivity index (χ1n) is 9.57. The van der Waals surface area contributed by atoms with Crippen molar-refractivity contribution in [3.63, 3.8) is 0 Å². The van der Waals surface area contributed by atoms with E-state index >= 15 is 0 Å². The third-order valence-corrected chi connectivity index (χ3v) is 6.01. The van der Waals surface area contributed by atoms with Crippen LogP contribution in [0.4, 0.5) is 10.7 Å². The second-order valence-corrected chi connectivity index (χ2v) is 8.44. The minimum absolute atomic E-state index is 0.177. The van der Waals surface area contributed by atoms with Gasteiger partial charge in [0.2, 0.25) is 0 Å². The molecule has 1 heterocycles. The Hall–Kier alpha value is -3.23. The number of thiophene rings is 1. The van der Waals surface area contributed by atoms with Crippen molar-refractivity contribution in [2.75, 3.05) is 17.7 Å². The molecule has 1 aromatic heterocycles. The standard InChI is InChI=1S/C23H23N3O3S2/c1-14-15(2)31-21(19(14)22(28)29-3)26-23(30)25-18-11-7-10-17(12-18)20(27)24-13-16-8-5-4-6-9-16/h4-12H,13H2,1-3H3,(H,24,27)(H2,25,26,30). The Kier molecular flexibility index (Phi) is 7.38. The smallest absolute Gasteiger partial charge is 0.341 e. The second kappa shape index (κ2) is 10.2. The van der Waals surface area contributed by atoms with E-state index in [1.165, 1.54) is 18.4 Å². The summed E-state index contributed by atoms with van der Waals surface area (Å²) in [6.45, 7) is 4.26. The van der Waals surface area contributed by atoms with Crippen LogP contribution in [0.2, 0.25) is 0 Å². The van der Waals surface area contributed by atoms with E-state index in [1.54, 1.807) is 18.2 Å². The average molecular weight is 454 g/mol. The number of hydrogen-bond donors (Lipinski definition) is 3. The topological polar surface area (TPSA) is 79.5 Å². The molecule has 0 fully saturated rings. The second-order valence-electron chi connectivity index (χ2n) is 6.81. The van der Waals surface area contributed by atoms with Crippen molar-refractivity contribution < 1.29 is 14.3 Å². The van der Waals surface area contributed by atoms with Crippen LogP contribution >= 0.6 is 23.6 Å². The first-order chi connectivity index (χ1) is 14.9. The number of ether oxygens (including phenoxy) is 1. The largest absolute Gasteiger partial charge is 0.465 e. The number of rotatable bonds is 6. The summed E-state index contributed by atoms with van der Waals surface area (Å²) in [6, 6.07) is 16.8. The van der Waals surface area contributed by atoms with Crippen LogP contribution < -0.4 is 16.0 Å².